The largest absolute Gasteiger partial charge is 0.283 e. The highest BCUT2D eigenvalue weighted by Gasteiger charge is 2.16. The van der Waals surface area contributed by atoms with Crippen LogP contribution in [0.15, 0.2) is 23.1 Å². The van der Waals surface area contributed by atoms with Crippen LogP contribution in [0.3, 0.4) is 0 Å². The number of thioether (sulfide) groups is 1. The molecular weight excluding hydrogens is 198 g/mol. The molecule has 0 N–H and O–H groups in total. The van der Waals surface area contributed by atoms with Gasteiger partial charge in [-0.3, -0.25) is 10.1 Å². The van der Waals surface area contributed by atoms with Crippen LogP contribution in [0, 0.1) is 17.0 Å². The zero-order valence-corrected chi connectivity index (χ0v) is 9.30. The molecule has 4 heteroatoms. The summed E-state index contributed by atoms with van der Waals surface area (Å²) >= 11 is 1.54. The van der Waals surface area contributed by atoms with Gasteiger partial charge in [0.2, 0.25) is 0 Å². The average Bonchev–Trinajstić information content (AvgIpc) is 2.07. The van der Waals surface area contributed by atoms with E-state index in [9.17, 15) is 10.1 Å². The second-order valence-electron chi connectivity index (χ2n) is 3.35. The molecule has 14 heavy (non-hydrogen) atoms. The smallest absolute Gasteiger partial charge is 0.258 e. The molecule has 0 aliphatic heterocycles. The van der Waals surface area contributed by atoms with Crippen LogP contribution in [0.1, 0.15) is 19.4 Å². The zero-order valence-electron chi connectivity index (χ0n) is 8.48. The van der Waals surface area contributed by atoms with Crippen molar-refractivity contribution in [3.05, 3.63) is 33.9 Å². The van der Waals surface area contributed by atoms with E-state index in [0.29, 0.717) is 5.25 Å². The van der Waals surface area contributed by atoms with E-state index >= 15 is 0 Å². The maximum absolute atomic E-state index is 10.7. The highest BCUT2D eigenvalue weighted by Crippen LogP contribution is 2.34. The maximum Gasteiger partial charge on any atom is 0.283 e. The van der Waals surface area contributed by atoms with Crippen LogP contribution in [0.25, 0.3) is 0 Å². The number of hydrogen-bond donors (Lipinski definition) is 0. The summed E-state index contributed by atoms with van der Waals surface area (Å²) in [6.07, 6.45) is 0. The number of benzene rings is 1. The van der Waals surface area contributed by atoms with Crippen LogP contribution in [-0.2, 0) is 0 Å². The van der Waals surface area contributed by atoms with Gasteiger partial charge in [-0.25, -0.2) is 0 Å². The van der Waals surface area contributed by atoms with Gasteiger partial charge in [0.05, 0.1) is 9.82 Å². The lowest BCUT2D eigenvalue weighted by atomic mass is 10.2. The molecule has 0 unspecified atom stereocenters. The Hall–Kier alpha value is -1.03. The standard InChI is InChI=1S/C10H13NO2S/c1-7(2)14-10-8(3)5-4-6-9(10)11(12)13/h4-7H,1-3H3. The highest BCUT2D eigenvalue weighted by atomic mass is 32.2. The Morgan fingerprint density at radius 3 is 2.57 bits per heavy atom. The second-order valence-corrected chi connectivity index (χ2v) is 4.93. The van der Waals surface area contributed by atoms with E-state index in [-0.39, 0.29) is 10.6 Å². The zero-order chi connectivity index (χ0) is 10.7. The molecule has 0 atom stereocenters. The monoisotopic (exact) mass is 211 g/mol. The number of nitrogens with zero attached hydrogens (tertiary/aromatic N) is 1. The Morgan fingerprint density at radius 1 is 1.43 bits per heavy atom. The van der Waals surface area contributed by atoms with Gasteiger partial charge in [0.1, 0.15) is 0 Å². The van der Waals surface area contributed by atoms with E-state index in [1.165, 1.54) is 11.8 Å². The van der Waals surface area contributed by atoms with E-state index in [1.807, 2.05) is 26.8 Å². The van der Waals surface area contributed by atoms with Crippen LogP contribution in [0.2, 0.25) is 0 Å². The van der Waals surface area contributed by atoms with Crippen molar-refractivity contribution in [3.8, 4) is 0 Å². The average molecular weight is 211 g/mol. The van der Waals surface area contributed by atoms with Crippen LogP contribution in [-0.4, -0.2) is 10.2 Å². The number of nitro groups is 1. The quantitative estimate of drug-likeness (QED) is 0.437. The summed E-state index contributed by atoms with van der Waals surface area (Å²) in [5.41, 5.74) is 1.18. The fourth-order valence-corrected chi connectivity index (χ4v) is 2.16. The maximum atomic E-state index is 10.7. The van der Waals surface area contributed by atoms with Gasteiger partial charge in [0.25, 0.3) is 5.69 Å². The molecule has 0 saturated carbocycles. The third kappa shape index (κ3) is 2.48. The third-order valence-corrected chi connectivity index (χ3v) is 2.98. The molecular formula is C10H13NO2S. The first-order chi connectivity index (χ1) is 6.52. The van der Waals surface area contributed by atoms with Crippen molar-refractivity contribution in [2.24, 2.45) is 0 Å². The van der Waals surface area contributed by atoms with Gasteiger partial charge >= 0.3 is 0 Å². The fraction of sp³-hybridized carbons (Fsp3) is 0.400. The first-order valence-corrected chi connectivity index (χ1v) is 5.31. The van der Waals surface area contributed by atoms with Crippen molar-refractivity contribution in [3.63, 3.8) is 0 Å². The lowest BCUT2D eigenvalue weighted by molar-refractivity contribution is -0.387. The minimum absolute atomic E-state index is 0.212. The Balaban J connectivity index is 3.15. The topological polar surface area (TPSA) is 43.1 Å². The number of aryl methyl sites for hydroxylation is 1. The number of rotatable bonds is 3. The van der Waals surface area contributed by atoms with Crippen LogP contribution in [0.4, 0.5) is 5.69 Å². The van der Waals surface area contributed by atoms with Crippen molar-refractivity contribution in [2.45, 2.75) is 30.9 Å². The van der Waals surface area contributed by atoms with Crippen LogP contribution < -0.4 is 0 Å². The van der Waals surface area contributed by atoms with Gasteiger partial charge in [0, 0.05) is 11.3 Å². The van der Waals surface area contributed by atoms with Gasteiger partial charge in [-0.1, -0.05) is 26.0 Å². The predicted molar refractivity (Wildman–Crippen MR) is 58.8 cm³/mol. The van der Waals surface area contributed by atoms with Gasteiger partial charge in [-0.15, -0.1) is 11.8 Å². The van der Waals surface area contributed by atoms with E-state index in [0.717, 1.165) is 10.5 Å². The van der Waals surface area contributed by atoms with Gasteiger partial charge in [-0.2, -0.15) is 0 Å². The summed E-state index contributed by atoms with van der Waals surface area (Å²) < 4.78 is 0. The lowest BCUT2D eigenvalue weighted by Crippen LogP contribution is -1.95. The summed E-state index contributed by atoms with van der Waals surface area (Å²) in [6, 6.07) is 5.17. The van der Waals surface area contributed by atoms with Crippen molar-refractivity contribution < 1.29 is 4.92 Å². The summed E-state index contributed by atoms with van der Waals surface area (Å²) in [6.45, 7) is 5.96. The van der Waals surface area contributed by atoms with E-state index in [2.05, 4.69) is 0 Å². The lowest BCUT2D eigenvalue weighted by Gasteiger charge is -2.08. The Labute approximate surface area is 87.7 Å². The minimum atomic E-state index is -0.322. The summed E-state index contributed by atoms with van der Waals surface area (Å²) in [5.74, 6) is 0. The predicted octanol–water partition coefficient (Wildman–Crippen LogP) is 3.40. The van der Waals surface area contributed by atoms with Crippen molar-refractivity contribution in [2.75, 3.05) is 0 Å². The molecule has 1 aromatic rings. The molecule has 0 radical (unpaired) electrons. The van der Waals surface area contributed by atoms with Crippen molar-refractivity contribution in [1.82, 2.24) is 0 Å². The Morgan fingerprint density at radius 2 is 2.07 bits per heavy atom. The van der Waals surface area contributed by atoms with Gasteiger partial charge < -0.3 is 0 Å². The molecule has 0 aromatic heterocycles. The van der Waals surface area contributed by atoms with Gasteiger partial charge in [-0.05, 0) is 12.5 Å². The molecule has 0 aliphatic rings. The fourth-order valence-electron chi connectivity index (χ4n) is 1.17. The van der Waals surface area contributed by atoms with E-state index in [4.69, 9.17) is 0 Å². The number of nitro benzene ring substituents is 1. The van der Waals surface area contributed by atoms with Crippen LogP contribution >= 0.6 is 11.8 Å². The third-order valence-electron chi connectivity index (χ3n) is 1.74. The van der Waals surface area contributed by atoms with E-state index < -0.39 is 0 Å². The summed E-state index contributed by atoms with van der Waals surface area (Å²) in [5, 5.41) is 11.1. The SMILES string of the molecule is Cc1cccc([N+](=O)[O-])c1SC(C)C. The molecule has 0 aliphatic carbocycles. The molecule has 1 rings (SSSR count). The second kappa shape index (κ2) is 4.46. The summed E-state index contributed by atoms with van der Waals surface area (Å²) in [7, 11) is 0. The molecule has 76 valence electrons. The molecule has 1 aromatic carbocycles. The van der Waals surface area contributed by atoms with Crippen molar-refractivity contribution >= 4 is 17.4 Å². The highest BCUT2D eigenvalue weighted by molar-refractivity contribution is 8.00. The van der Waals surface area contributed by atoms with Gasteiger partial charge in [0.15, 0.2) is 0 Å². The van der Waals surface area contributed by atoms with E-state index in [1.54, 1.807) is 12.1 Å². The number of hydrogen-bond acceptors (Lipinski definition) is 3. The Bertz CT molecular complexity index is 350. The summed E-state index contributed by atoms with van der Waals surface area (Å²) in [4.78, 5) is 11.2. The first kappa shape index (κ1) is 11.0. The molecule has 0 heterocycles. The molecule has 0 bridgehead atoms. The molecule has 0 amide bonds. The van der Waals surface area contributed by atoms with Crippen molar-refractivity contribution in [1.29, 1.82) is 0 Å². The normalized spacial score (nSPS) is 10.6. The molecule has 0 spiro atoms. The minimum Gasteiger partial charge on any atom is -0.258 e. The van der Waals surface area contributed by atoms with Crippen LogP contribution in [0.5, 0.6) is 0 Å². The first-order valence-electron chi connectivity index (χ1n) is 4.43. The molecule has 0 fully saturated rings. The molecule has 3 nitrogen and oxygen atoms in total. The Kier molecular flexibility index (Phi) is 3.52. The molecule has 0 saturated heterocycles.